The molecule has 7 nitrogen and oxygen atoms in total. The first-order valence-electron chi connectivity index (χ1n) is 8.62. The van der Waals surface area contributed by atoms with Gasteiger partial charge in [-0.1, -0.05) is 5.16 Å². The maximum atomic E-state index is 5.41. The molecule has 136 valence electrons. The second-order valence-electron chi connectivity index (χ2n) is 6.36. The lowest BCUT2D eigenvalue weighted by atomic mass is 10.2. The largest absolute Gasteiger partial charge is 0.497 e. The monoisotopic (exact) mass is 346 g/mol. The predicted octanol–water partition coefficient (Wildman–Crippen LogP) is 1.90. The summed E-state index contributed by atoms with van der Waals surface area (Å²) in [7, 11) is 3.40. The number of ether oxygens (including phenoxy) is 2. The van der Waals surface area contributed by atoms with Crippen molar-refractivity contribution in [2.24, 2.45) is 0 Å². The van der Waals surface area contributed by atoms with Gasteiger partial charge in [-0.15, -0.1) is 0 Å². The molecular weight excluding hydrogens is 320 g/mol. The Morgan fingerprint density at radius 1 is 1.20 bits per heavy atom. The van der Waals surface area contributed by atoms with Crippen molar-refractivity contribution < 1.29 is 14.0 Å². The third kappa shape index (κ3) is 4.56. The summed E-state index contributed by atoms with van der Waals surface area (Å²) in [5.74, 6) is 2.08. The highest BCUT2D eigenvalue weighted by molar-refractivity contribution is 5.54. The van der Waals surface area contributed by atoms with Crippen molar-refractivity contribution in [1.29, 1.82) is 0 Å². The van der Waals surface area contributed by atoms with Crippen LogP contribution in [0.5, 0.6) is 5.75 Å². The summed E-state index contributed by atoms with van der Waals surface area (Å²) in [5.41, 5.74) is 0.900. The van der Waals surface area contributed by atoms with Gasteiger partial charge in [-0.25, -0.2) is 0 Å². The van der Waals surface area contributed by atoms with Gasteiger partial charge in [0.05, 0.1) is 20.3 Å². The van der Waals surface area contributed by atoms with Gasteiger partial charge in [0.25, 0.3) is 5.89 Å². The van der Waals surface area contributed by atoms with Crippen LogP contribution in [0, 0.1) is 0 Å². The molecule has 1 saturated heterocycles. The van der Waals surface area contributed by atoms with E-state index in [9.17, 15) is 0 Å². The van der Waals surface area contributed by atoms with Crippen LogP contribution in [0.15, 0.2) is 28.8 Å². The Bertz CT molecular complexity index is 659. The number of hydrogen-bond acceptors (Lipinski definition) is 7. The molecule has 3 rings (SSSR count). The van der Waals surface area contributed by atoms with Gasteiger partial charge in [0, 0.05) is 44.9 Å². The first kappa shape index (κ1) is 17.8. The second-order valence-corrected chi connectivity index (χ2v) is 6.36. The van der Waals surface area contributed by atoms with E-state index in [1.54, 1.807) is 14.2 Å². The molecule has 1 aromatic carbocycles. The fourth-order valence-corrected chi connectivity index (χ4v) is 3.12. The Balaban J connectivity index is 1.56. The zero-order valence-corrected chi connectivity index (χ0v) is 15.1. The molecule has 0 bridgehead atoms. The Kier molecular flexibility index (Phi) is 6.01. The SMILES string of the molecule is COCCN1CCN(Cc2noc(-c3ccc(OC)cc3)n2)C[C@H]1C. The van der Waals surface area contributed by atoms with Crippen molar-refractivity contribution in [3.05, 3.63) is 30.1 Å². The van der Waals surface area contributed by atoms with E-state index >= 15 is 0 Å². The van der Waals surface area contributed by atoms with Crippen LogP contribution < -0.4 is 4.74 Å². The summed E-state index contributed by atoms with van der Waals surface area (Å²) in [6.45, 7) is 7.75. The molecule has 1 aliphatic heterocycles. The van der Waals surface area contributed by atoms with Crippen LogP contribution >= 0.6 is 0 Å². The van der Waals surface area contributed by atoms with Gasteiger partial charge >= 0.3 is 0 Å². The molecule has 1 aliphatic rings. The summed E-state index contributed by atoms with van der Waals surface area (Å²) in [5, 5.41) is 4.13. The molecule has 2 aromatic rings. The molecule has 0 spiro atoms. The minimum Gasteiger partial charge on any atom is -0.497 e. The minimum atomic E-state index is 0.497. The quantitative estimate of drug-likeness (QED) is 0.758. The van der Waals surface area contributed by atoms with Gasteiger partial charge in [0.2, 0.25) is 0 Å². The van der Waals surface area contributed by atoms with Gasteiger partial charge in [-0.2, -0.15) is 4.98 Å². The van der Waals surface area contributed by atoms with E-state index in [-0.39, 0.29) is 0 Å². The lowest BCUT2D eigenvalue weighted by Crippen LogP contribution is -2.52. The van der Waals surface area contributed by atoms with Crippen molar-refractivity contribution >= 4 is 0 Å². The third-order valence-corrected chi connectivity index (χ3v) is 4.60. The van der Waals surface area contributed by atoms with Crippen LogP contribution in [0.4, 0.5) is 0 Å². The van der Waals surface area contributed by atoms with Crippen LogP contribution in [-0.2, 0) is 11.3 Å². The highest BCUT2D eigenvalue weighted by Gasteiger charge is 2.24. The maximum absolute atomic E-state index is 5.41. The van der Waals surface area contributed by atoms with Gasteiger partial charge in [0.15, 0.2) is 5.82 Å². The number of hydrogen-bond donors (Lipinski definition) is 0. The summed E-state index contributed by atoms with van der Waals surface area (Å²) in [4.78, 5) is 9.36. The molecule has 7 heteroatoms. The average Bonchev–Trinajstić information content (AvgIpc) is 3.09. The molecule has 1 atom stereocenters. The number of benzene rings is 1. The van der Waals surface area contributed by atoms with Gasteiger partial charge in [-0.05, 0) is 31.2 Å². The molecule has 0 N–H and O–H groups in total. The Labute approximate surface area is 148 Å². The highest BCUT2D eigenvalue weighted by atomic mass is 16.5. The molecule has 2 heterocycles. The number of aromatic nitrogens is 2. The van der Waals surface area contributed by atoms with Crippen molar-refractivity contribution in [3.8, 4) is 17.2 Å². The number of piperazine rings is 1. The van der Waals surface area contributed by atoms with E-state index in [1.165, 1.54) is 0 Å². The Morgan fingerprint density at radius 3 is 2.68 bits per heavy atom. The molecule has 0 unspecified atom stereocenters. The fourth-order valence-electron chi connectivity index (χ4n) is 3.12. The summed E-state index contributed by atoms with van der Waals surface area (Å²) >= 11 is 0. The van der Waals surface area contributed by atoms with E-state index in [0.29, 0.717) is 18.5 Å². The average molecular weight is 346 g/mol. The highest BCUT2D eigenvalue weighted by Crippen LogP contribution is 2.21. The van der Waals surface area contributed by atoms with E-state index in [2.05, 4.69) is 26.9 Å². The zero-order valence-electron chi connectivity index (χ0n) is 15.1. The van der Waals surface area contributed by atoms with Crippen LogP contribution in [0.1, 0.15) is 12.7 Å². The molecular formula is C18H26N4O3. The summed E-state index contributed by atoms with van der Waals surface area (Å²) in [6.07, 6.45) is 0. The van der Waals surface area contributed by atoms with E-state index in [0.717, 1.165) is 49.9 Å². The molecule has 1 fully saturated rings. The summed E-state index contributed by atoms with van der Waals surface area (Å²) < 4.78 is 15.8. The maximum Gasteiger partial charge on any atom is 0.257 e. The van der Waals surface area contributed by atoms with Crippen molar-refractivity contribution in [1.82, 2.24) is 19.9 Å². The normalized spacial score (nSPS) is 19.2. The number of methoxy groups -OCH3 is 2. The topological polar surface area (TPSA) is 63.9 Å². The minimum absolute atomic E-state index is 0.497. The standard InChI is InChI=1S/C18H26N4O3/c1-14-12-21(8-9-22(14)10-11-23-2)13-17-19-18(25-20-17)15-4-6-16(24-3)7-5-15/h4-7,14H,8-13H2,1-3H3/t14-/m1/s1. The first-order chi connectivity index (χ1) is 12.2. The first-order valence-corrected chi connectivity index (χ1v) is 8.62. The van der Waals surface area contributed by atoms with Crippen LogP contribution in [0.3, 0.4) is 0 Å². The van der Waals surface area contributed by atoms with Gasteiger partial charge in [-0.3, -0.25) is 9.80 Å². The van der Waals surface area contributed by atoms with Crippen LogP contribution in [-0.4, -0.2) is 73.0 Å². The van der Waals surface area contributed by atoms with Crippen LogP contribution in [0.2, 0.25) is 0 Å². The number of rotatable bonds is 7. The predicted molar refractivity (Wildman–Crippen MR) is 94.5 cm³/mol. The molecule has 1 aromatic heterocycles. The molecule has 25 heavy (non-hydrogen) atoms. The van der Waals surface area contributed by atoms with E-state index in [1.807, 2.05) is 24.3 Å². The number of nitrogens with zero attached hydrogens (tertiary/aromatic N) is 4. The van der Waals surface area contributed by atoms with Gasteiger partial charge in [0.1, 0.15) is 5.75 Å². The Hall–Kier alpha value is -1.96. The lowest BCUT2D eigenvalue weighted by molar-refractivity contribution is 0.0543. The van der Waals surface area contributed by atoms with Crippen molar-refractivity contribution in [3.63, 3.8) is 0 Å². The van der Waals surface area contributed by atoms with Crippen LogP contribution in [0.25, 0.3) is 11.5 Å². The smallest absolute Gasteiger partial charge is 0.257 e. The lowest BCUT2D eigenvalue weighted by Gasteiger charge is -2.39. The summed E-state index contributed by atoms with van der Waals surface area (Å²) in [6, 6.07) is 8.12. The molecule has 0 aliphatic carbocycles. The zero-order chi connectivity index (χ0) is 17.6. The third-order valence-electron chi connectivity index (χ3n) is 4.60. The second kappa shape index (κ2) is 8.42. The van der Waals surface area contributed by atoms with Gasteiger partial charge < -0.3 is 14.0 Å². The molecule has 0 radical (unpaired) electrons. The molecule has 0 saturated carbocycles. The fraction of sp³-hybridized carbons (Fsp3) is 0.556. The molecule has 0 amide bonds. The Morgan fingerprint density at radius 2 is 2.00 bits per heavy atom. The van der Waals surface area contributed by atoms with E-state index in [4.69, 9.17) is 14.0 Å². The van der Waals surface area contributed by atoms with E-state index < -0.39 is 0 Å². The van der Waals surface area contributed by atoms with Crippen molar-refractivity contribution in [2.75, 3.05) is 47.0 Å². The van der Waals surface area contributed by atoms with Crippen molar-refractivity contribution in [2.45, 2.75) is 19.5 Å².